The Labute approximate surface area is 117 Å². The van der Waals surface area contributed by atoms with Crippen LogP contribution in [0.25, 0.3) is 0 Å². The highest BCUT2D eigenvalue weighted by Crippen LogP contribution is 2.26. The zero-order valence-electron chi connectivity index (χ0n) is 11.4. The van der Waals surface area contributed by atoms with Crippen LogP contribution in [0.5, 0.6) is 0 Å². The van der Waals surface area contributed by atoms with Crippen molar-refractivity contribution in [3.8, 4) is 0 Å². The molecule has 0 spiro atoms. The van der Waals surface area contributed by atoms with Crippen molar-refractivity contribution < 1.29 is 10.0 Å². The van der Waals surface area contributed by atoms with E-state index in [1.54, 1.807) is 12.1 Å². The second-order valence-electron chi connectivity index (χ2n) is 4.95. The van der Waals surface area contributed by atoms with Crippen LogP contribution in [0.3, 0.4) is 0 Å². The summed E-state index contributed by atoms with van der Waals surface area (Å²) >= 11 is 0. The van der Waals surface area contributed by atoms with Crippen LogP contribution < -0.4 is 17.2 Å². The fourth-order valence-corrected chi connectivity index (χ4v) is 2.21. The number of aliphatic hydroxyl groups is 1. The summed E-state index contributed by atoms with van der Waals surface area (Å²) in [7, 11) is 0. The van der Waals surface area contributed by atoms with Gasteiger partial charge in [0.05, 0.1) is 11.0 Å². The lowest BCUT2D eigenvalue weighted by atomic mass is 9.76. The standard InChI is InChI=1S/C13H22N4O3/c14-6-5-13(8-15,9-16)12(18)7-10-1-3-11(4-2-10)17(19)20/h1-4,12,18H,5-9,14-16H2. The molecule has 0 saturated carbocycles. The van der Waals surface area contributed by atoms with E-state index >= 15 is 0 Å². The van der Waals surface area contributed by atoms with Crippen molar-refractivity contribution in [3.05, 3.63) is 39.9 Å². The Hall–Kier alpha value is -1.54. The van der Waals surface area contributed by atoms with Crippen molar-refractivity contribution in [3.63, 3.8) is 0 Å². The monoisotopic (exact) mass is 282 g/mol. The van der Waals surface area contributed by atoms with Crippen LogP contribution in [-0.4, -0.2) is 35.8 Å². The van der Waals surface area contributed by atoms with Gasteiger partial charge in [0, 0.05) is 30.6 Å². The minimum Gasteiger partial charge on any atom is -0.392 e. The molecule has 0 aliphatic rings. The Morgan fingerprint density at radius 2 is 1.75 bits per heavy atom. The van der Waals surface area contributed by atoms with E-state index in [1.807, 2.05) is 0 Å². The van der Waals surface area contributed by atoms with E-state index in [9.17, 15) is 15.2 Å². The zero-order valence-corrected chi connectivity index (χ0v) is 11.4. The van der Waals surface area contributed by atoms with Crippen molar-refractivity contribution in [2.24, 2.45) is 22.6 Å². The van der Waals surface area contributed by atoms with Crippen LogP contribution in [-0.2, 0) is 6.42 Å². The molecule has 1 aromatic carbocycles. The summed E-state index contributed by atoms with van der Waals surface area (Å²) in [4.78, 5) is 10.1. The maximum Gasteiger partial charge on any atom is 0.269 e. The number of aliphatic hydroxyl groups excluding tert-OH is 1. The van der Waals surface area contributed by atoms with Crippen molar-refractivity contribution in [1.82, 2.24) is 0 Å². The highest BCUT2D eigenvalue weighted by Gasteiger charge is 2.34. The van der Waals surface area contributed by atoms with Gasteiger partial charge in [0.2, 0.25) is 0 Å². The first-order valence-electron chi connectivity index (χ1n) is 6.50. The van der Waals surface area contributed by atoms with Crippen LogP contribution in [0.1, 0.15) is 12.0 Å². The number of non-ortho nitro benzene ring substituents is 1. The van der Waals surface area contributed by atoms with Gasteiger partial charge in [0.15, 0.2) is 0 Å². The second kappa shape index (κ2) is 7.30. The molecule has 20 heavy (non-hydrogen) atoms. The number of nitro benzene ring substituents is 1. The molecule has 7 nitrogen and oxygen atoms in total. The van der Waals surface area contributed by atoms with E-state index in [-0.39, 0.29) is 18.8 Å². The third-order valence-electron chi connectivity index (χ3n) is 3.74. The van der Waals surface area contributed by atoms with Gasteiger partial charge in [-0.05, 0) is 24.9 Å². The molecular formula is C13H22N4O3. The smallest absolute Gasteiger partial charge is 0.269 e. The van der Waals surface area contributed by atoms with Crippen molar-refractivity contribution in [1.29, 1.82) is 0 Å². The maximum absolute atomic E-state index is 10.6. The van der Waals surface area contributed by atoms with Gasteiger partial charge in [-0.2, -0.15) is 0 Å². The minimum absolute atomic E-state index is 0.0223. The van der Waals surface area contributed by atoms with Crippen LogP contribution >= 0.6 is 0 Å². The molecule has 0 aliphatic heterocycles. The predicted octanol–water partition coefficient (Wildman–Crippen LogP) is -0.249. The number of benzene rings is 1. The molecule has 0 amide bonds. The molecule has 1 atom stereocenters. The number of rotatable bonds is 8. The summed E-state index contributed by atoms with van der Waals surface area (Å²) < 4.78 is 0. The van der Waals surface area contributed by atoms with E-state index in [1.165, 1.54) is 12.1 Å². The molecule has 0 radical (unpaired) electrons. The molecule has 7 heteroatoms. The van der Waals surface area contributed by atoms with Gasteiger partial charge in [-0.15, -0.1) is 0 Å². The Morgan fingerprint density at radius 3 is 2.15 bits per heavy atom. The zero-order chi connectivity index (χ0) is 15.2. The van der Waals surface area contributed by atoms with Gasteiger partial charge >= 0.3 is 0 Å². The Kier molecular flexibility index (Phi) is 6.03. The van der Waals surface area contributed by atoms with Crippen molar-refractivity contribution in [2.75, 3.05) is 19.6 Å². The van der Waals surface area contributed by atoms with E-state index in [2.05, 4.69) is 0 Å². The lowest BCUT2D eigenvalue weighted by Crippen LogP contribution is -2.49. The first-order valence-corrected chi connectivity index (χ1v) is 6.50. The summed E-state index contributed by atoms with van der Waals surface area (Å²) in [5, 5.41) is 21.0. The molecule has 7 N–H and O–H groups in total. The van der Waals surface area contributed by atoms with Gasteiger partial charge in [-0.25, -0.2) is 0 Å². The van der Waals surface area contributed by atoms with Crippen LogP contribution in [0.15, 0.2) is 24.3 Å². The van der Waals surface area contributed by atoms with Crippen LogP contribution in [0, 0.1) is 15.5 Å². The van der Waals surface area contributed by atoms with Crippen LogP contribution in [0.4, 0.5) is 5.69 Å². The van der Waals surface area contributed by atoms with E-state index in [0.717, 1.165) is 5.56 Å². The Balaban J connectivity index is 2.82. The predicted molar refractivity (Wildman–Crippen MR) is 77.0 cm³/mol. The fourth-order valence-electron chi connectivity index (χ4n) is 2.21. The molecule has 0 saturated heterocycles. The molecule has 1 aromatic rings. The number of hydrogen-bond acceptors (Lipinski definition) is 6. The molecule has 112 valence electrons. The molecule has 1 rings (SSSR count). The topological polar surface area (TPSA) is 141 Å². The number of nitrogens with two attached hydrogens (primary N) is 3. The molecule has 0 fully saturated rings. The molecule has 0 bridgehead atoms. The number of nitrogens with zero attached hydrogens (tertiary/aromatic N) is 1. The Bertz CT molecular complexity index is 432. The Morgan fingerprint density at radius 1 is 1.20 bits per heavy atom. The van der Waals surface area contributed by atoms with E-state index in [4.69, 9.17) is 17.2 Å². The minimum atomic E-state index is -0.734. The maximum atomic E-state index is 10.6. The average Bonchev–Trinajstić information content (AvgIpc) is 2.45. The molecular weight excluding hydrogens is 260 g/mol. The van der Waals surface area contributed by atoms with Gasteiger partial charge in [0.1, 0.15) is 0 Å². The van der Waals surface area contributed by atoms with Gasteiger partial charge in [-0.1, -0.05) is 12.1 Å². The third kappa shape index (κ3) is 3.73. The largest absolute Gasteiger partial charge is 0.392 e. The van der Waals surface area contributed by atoms with Gasteiger partial charge in [0.25, 0.3) is 5.69 Å². The van der Waals surface area contributed by atoms with E-state index in [0.29, 0.717) is 19.4 Å². The summed E-state index contributed by atoms with van der Waals surface area (Å²) in [5.74, 6) is 0. The highest BCUT2D eigenvalue weighted by atomic mass is 16.6. The lowest BCUT2D eigenvalue weighted by Gasteiger charge is -2.36. The fraction of sp³-hybridized carbons (Fsp3) is 0.538. The quantitative estimate of drug-likeness (QED) is 0.382. The molecule has 1 unspecified atom stereocenters. The lowest BCUT2D eigenvalue weighted by molar-refractivity contribution is -0.384. The normalized spacial score (nSPS) is 13.2. The van der Waals surface area contributed by atoms with Crippen LogP contribution in [0.2, 0.25) is 0 Å². The summed E-state index contributed by atoms with van der Waals surface area (Å²) in [6.07, 6.45) is 0.142. The molecule has 0 aliphatic carbocycles. The van der Waals surface area contributed by atoms with E-state index < -0.39 is 16.4 Å². The third-order valence-corrected chi connectivity index (χ3v) is 3.74. The summed E-state index contributed by atoms with van der Waals surface area (Å²) in [5.41, 5.74) is 17.2. The summed E-state index contributed by atoms with van der Waals surface area (Å²) in [6, 6.07) is 6.08. The first kappa shape index (κ1) is 16.5. The second-order valence-corrected chi connectivity index (χ2v) is 4.95. The van der Waals surface area contributed by atoms with Gasteiger partial charge in [-0.3, -0.25) is 10.1 Å². The van der Waals surface area contributed by atoms with Gasteiger partial charge < -0.3 is 22.3 Å². The average molecular weight is 282 g/mol. The highest BCUT2D eigenvalue weighted by molar-refractivity contribution is 5.33. The molecule has 0 aromatic heterocycles. The van der Waals surface area contributed by atoms with Crippen molar-refractivity contribution in [2.45, 2.75) is 18.9 Å². The number of nitro groups is 1. The van der Waals surface area contributed by atoms with Crippen molar-refractivity contribution >= 4 is 5.69 Å². The first-order chi connectivity index (χ1) is 9.49. The SMILES string of the molecule is NCCC(CN)(CN)C(O)Cc1ccc([N+](=O)[O-])cc1. The summed E-state index contributed by atoms with van der Waals surface area (Å²) in [6.45, 7) is 0.884. The number of hydrogen-bond donors (Lipinski definition) is 4. The molecule has 0 heterocycles.